The second kappa shape index (κ2) is 7.80. The molecule has 3 saturated heterocycles. The largest absolute Gasteiger partial charge is 0.381 e. The molecule has 2 amide bonds. The molecule has 0 aromatic rings. The molecule has 7 heteroatoms. The second-order valence-electron chi connectivity index (χ2n) is 7.28. The number of piperidine rings is 1. The summed E-state index contributed by atoms with van der Waals surface area (Å²) in [5.74, 6) is 0.280. The molecule has 3 fully saturated rings. The fraction of sp³-hybridized carbons (Fsp3) is 0.882. The van der Waals surface area contributed by atoms with Crippen molar-refractivity contribution in [1.29, 1.82) is 0 Å². The fourth-order valence-corrected chi connectivity index (χ4v) is 3.81. The summed E-state index contributed by atoms with van der Waals surface area (Å²) >= 11 is 0. The summed E-state index contributed by atoms with van der Waals surface area (Å²) in [6, 6.07) is 0. The van der Waals surface area contributed by atoms with Crippen LogP contribution in [0.5, 0.6) is 0 Å². The van der Waals surface area contributed by atoms with Crippen molar-refractivity contribution in [3.8, 4) is 0 Å². The molecule has 3 rings (SSSR count). The molecule has 0 aromatic carbocycles. The van der Waals surface area contributed by atoms with Crippen LogP contribution in [0.25, 0.3) is 0 Å². The van der Waals surface area contributed by atoms with Gasteiger partial charge in [-0.15, -0.1) is 0 Å². The average Bonchev–Trinajstić information content (AvgIpc) is 2.63. The number of ether oxygens (including phenoxy) is 1. The quantitative estimate of drug-likeness (QED) is 0.761. The van der Waals surface area contributed by atoms with Crippen LogP contribution < -0.4 is 5.73 Å². The van der Waals surface area contributed by atoms with Crippen LogP contribution in [-0.4, -0.2) is 91.1 Å². The highest BCUT2D eigenvalue weighted by molar-refractivity contribution is 5.86. The third-order valence-corrected chi connectivity index (χ3v) is 5.54. The Balaban J connectivity index is 1.45. The smallest absolute Gasteiger partial charge is 0.242 e. The molecule has 3 heterocycles. The molecule has 24 heavy (non-hydrogen) atoms. The van der Waals surface area contributed by atoms with E-state index < -0.39 is 5.54 Å². The molecule has 0 unspecified atom stereocenters. The molecule has 2 N–H and O–H groups in total. The number of carbonyl (C=O) groups excluding carboxylic acids is 2. The van der Waals surface area contributed by atoms with Crippen molar-refractivity contribution in [2.75, 3.05) is 59.0 Å². The van der Waals surface area contributed by atoms with Crippen LogP contribution in [0.1, 0.15) is 32.1 Å². The monoisotopic (exact) mass is 338 g/mol. The maximum Gasteiger partial charge on any atom is 0.242 e. The van der Waals surface area contributed by atoms with Gasteiger partial charge in [-0.25, -0.2) is 0 Å². The molecule has 0 spiro atoms. The zero-order valence-corrected chi connectivity index (χ0v) is 14.5. The van der Waals surface area contributed by atoms with Gasteiger partial charge in [-0.1, -0.05) is 0 Å². The standard InChI is InChI=1S/C17H30N4O3/c18-17(4-12-24-13-5-17)16(23)21-10-8-19(9-11-21)14-15(22)20-6-2-1-3-7-20/h1-14,18H2. The Morgan fingerprint density at radius 3 is 2.12 bits per heavy atom. The van der Waals surface area contributed by atoms with Crippen LogP contribution in [0.3, 0.4) is 0 Å². The molecule has 0 atom stereocenters. The summed E-state index contributed by atoms with van der Waals surface area (Å²) in [7, 11) is 0. The topological polar surface area (TPSA) is 79.1 Å². The van der Waals surface area contributed by atoms with E-state index >= 15 is 0 Å². The number of nitrogens with two attached hydrogens (primary N) is 1. The van der Waals surface area contributed by atoms with Crippen molar-refractivity contribution in [3.63, 3.8) is 0 Å². The minimum atomic E-state index is -0.760. The summed E-state index contributed by atoms with van der Waals surface area (Å²) in [5.41, 5.74) is 5.54. The Morgan fingerprint density at radius 2 is 1.50 bits per heavy atom. The third-order valence-electron chi connectivity index (χ3n) is 5.54. The number of piperazine rings is 1. The first-order valence-corrected chi connectivity index (χ1v) is 9.25. The highest BCUT2D eigenvalue weighted by Gasteiger charge is 2.39. The van der Waals surface area contributed by atoms with Crippen molar-refractivity contribution in [2.45, 2.75) is 37.6 Å². The van der Waals surface area contributed by atoms with E-state index in [1.54, 1.807) is 0 Å². The highest BCUT2D eigenvalue weighted by atomic mass is 16.5. The molecule has 136 valence electrons. The molecule has 0 aliphatic carbocycles. The van der Waals surface area contributed by atoms with Gasteiger partial charge in [-0.2, -0.15) is 0 Å². The van der Waals surface area contributed by atoms with Crippen molar-refractivity contribution >= 4 is 11.8 Å². The average molecular weight is 338 g/mol. The zero-order chi connectivity index (χ0) is 17.0. The lowest BCUT2D eigenvalue weighted by molar-refractivity contribution is -0.143. The van der Waals surface area contributed by atoms with Gasteiger partial charge in [0, 0.05) is 52.5 Å². The van der Waals surface area contributed by atoms with E-state index in [1.165, 1.54) is 6.42 Å². The summed E-state index contributed by atoms with van der Waals surface area (Å²) in [6.07, 6.45) is 4.67. The van der Waals surface area contributed by atoms with E-state index in [2.05, 4.69) is 4.90 Å². The Morgan fingerprint density at radius 1 is 0.875 bits per heavy atom. The lowest BCUT2D eigenvalue weighted by atomic mass is 9.89. The predicted molar refractivity (Wildman–Crippen MR) is 90.4 cm³/mol. The SMILES string of the molecule is NC1(C(=O)N2CCN(CC(=O)N3CCCCC3)CC2)CCOCC1. The molecule has 3 aliphatic rings. The molecular weight excluding hydrogens is 308 g/mol. The van der Waals surface area contributed by atoms with Crippen LogP contribution >= 0.6 is 0 Å². The first-order valence-electron chi connectivity index (χ1n) is 9.25. The molecule has 7 nitrogen and oxygen atoms in total. The number of nitrogens with zero attached hydrogens (tertiary/aromatic N) is 3. The van der Waals surface area contributed by atoms with E-state index in [9.17, 15) is 9.59 Å². The maximum atomic E-state index is 12.7. The Kier molecular flexibility index (Phi) is 5.73. The summed E-state index contributed by atoms with van der Waals surface area (Å²) in [6.45, 7) is 6.21. The molecule has 0 bridgehead atoms. The van der Waals surface area contributed by atoms with Gasteiger partial charge in [0.2, 0.25) is 11.8 Å². The Hall–Kier alpha value is -1.18. The summed E-state index contributed by atoms with van der Waals surface area (Å²) < 4.78 is 5.32. The number of rotatable bonds is 3. The van der Waals surface area contributed by atoms with Gasteiger partial charge in [0.25, 0.3) is 0 Å². The van der Waals surface area contributed by atoms with Gasteiger partial charge in [-0.3, -0.25) is 14.5 Å². The van der Waals surface area contributed by atoms with Crippen molar-refractivity contribution in [2.24, 2.45) is 5.73 Å². The Labute approximate surface area is 144 Å². The summed E-state index contributed by atoms with van der Waals surface area (Å²) in [4.78, 5) is 31.1. The van der Waals surface area contributed by atoms with E-state index in [0.717, 1.165) is 39.0 Å². The molecule has 0 radical (unpaired) electrons. The number of hydrogen-bond donors (Lipinski definition) is 1. The first kappa shape index (κ1) is 17.6. The fourth-order valence-electron chi connectivity index (χ4n) is 3.81. The van der Waals surface area contributed by atoms with Crippen LogP contribution in [0.2, 0.25) is 0 Å². The van der Waals surface area contributed by atoms with Gasteiger partial charge < -0.3 is 20.3 Å². The molecular formula is C17H30N4O3. The number of carbonyl (C=O) groups is 2. The van der Waals surface area contributed by atoms with E-state index in [1.807, 2.05) is 9.80 Å². The summed E-state index contributed by atoms with van der Waals surface area (Å²) in [5, 5.41) is 0. The number of amides is 2. The van der Waals surface area contributed by atoms with Crippen molar-refractivity contribution < 1.29 is 14.3 Å². The van der Waals surface area contributed by atoms with Crippen molar-refractivity contribution in [3.05, 3.63) is 0 Å². The zero-order valence-electron chi connectivity index (χ0n) is 14.5. The predicted octanol–water partition coefficient (Wildman–Crippen LogP) is -0.349. The highest BCUT2D eigenvalue weighted by Crippen LogP contribution is 2.21. The van der Waals surface area contributed by atoms with E-state index in [0.29, 0.717) is 45.7 Å². The minimum Gasteiger partial charge on any atom is -0.381 e. The lowest BCUT2D eigenvalue weighted by Crippen LogP contribution is -2.61. The second-order valence-corrected chi connectivity index (χ2v) is 7.28. The van der Waals surface area contributed by atoms with Gasteiger partial charge >= 0.3 is 0 Å². The third kappa shape index (κ3) is 4.07. The first-order chi connectivity index (χ1) is 11.6. The van der Waals surface area contributed by atoms with E-state index in [-0.39, 0.29) is 11.8 Å². The van der Waals surface area contributed by atoms with Crippen LogP contribution in [0.15, 0.2) is 0 Å². The normalized spacial score (nSPS) is 25.5. The van der Waals surface area contributed by atoms with Gasteiger partial charge in [0.1, 0.15) is 0 Å². The van der Waals surface area contributed by atoms with Gasteiger partial charge in [0.15, 0.2) is 0 Å². The number of hydrogen-bond acceptors (Lipinski definition) is 5. The Bertz CT molecular complexity index is 451. The van der Waals surface area contributed by atoms with Crippen LogP contribution in [0.4, 0.5) is 0 Å². The lowest BCUT2D eigenvalue weighted by Gasteiger charge is -2.41. The van der Waals surface area contributed by atoms with E-state index in [4.69, 9.17) is 10.5 Å². The van der Waals surface area contributed by atoms with Gasteiger partial charge in [0.05, 0.1) is 12.1 Å². The van der Waals surface area contributed by atoms with Gasteiger partial charge in [-0.05, 0) is 32.1 Å². The molecule has 3 aliphatic heterocycles. The maximum absolute atomic E-state index is 12.7. The van der Waals surface area contributed by atoms with Crippen molar-refractivity contribution in [1.82, 2.24) is 14.7 Å². The minimum absolute atomic E-state index is 0.0489. The van der Waals surface area contributed by atoms with Crippen LogP contribution in [0, 0.1) is 0 Å². The molecule has 0 aromatic heterocycles. The van der Waals surface area contributed by atoms with Crippen LogP contribution in [-0.2, 0) is 14.3 Å². The molecule has 0 saturated carbocycles. The number of likely N-dealkylation sites (tertiary alicyclic amines) is 1.